The van der Waals surface area contributed by atoms with Gasteiger partial charge in [0.1, 0.15) is 0 Å². The van der Waals surface area contributed by atoms with Crippen molar-refractivity contribution in [3.63, 3.8) is 0 Å². The molecule has 0 aromatic carbocycles. The molecule has 0 bridgehead atoms. The molecule has 0 rings (SSSR count). The number of hydrogen-bond donors (Lipinski definition) is 1. The van der Waals surface area contributed by atoms with E-state index in [2.05, 4.69) is 4.99 Å². The zero-order valence-corrected chi connectivity index (χ0v) is 6.66. The third kappa shape index (κ3) is 4.03. The number of amidine groups is 1. The number of rotatable bonds is 1. The van der Waals surface area contributed by atoms with Crippen molar-refractivity contribution in [2.75, 3.05) is 0 Å². The highest BCUT2D eigenvalue weighted by Crippen LogP contribution is 2.02. The summed E-state index contributed by atoms with van der Waals surface area (Å²) < 4.78 is 0. The summed E-state index contributed by atoms with van der Waals surface area (Å²) in [6, 6.07) is 0. The first-order valence-corrected chi connectivity index (χ1v) is 3.05. The number of aliphatic imine (C=N–C) groups is 1. The lowest BCUT2D eigenvalue weighted by Crippen LogP contribution is -2.01. The van der Waals surface area contributed by atoms with E-state index in [0.717, 1.165) is 11.3 Å². The average Bonchev–Trinajstić information content (AvgIpc) is 1.63. The summed E-state index contributed by atoms with van der Waals surface area (Å²) in [5.74, 6) is 0. The fourth-order valence-electron chi connectivity index (χ4n) is 0.272. The van der Waals surface area contributed by atoms with Gasteiger partial charge in [-0.1, -0.05) is 5.57 Å². The lowest BCUT2D eigenvalue weighted by atomic mass is 10.3. The Kier molecular flexibility index (Phi) is 3.32. The minimum Gasteiger partial charge on any atom is -0.374 e. The van der Waals surface area contributed by atoms with Crippen LogP contribution in [0.1, 0.15) is 20.8 Å². The Balaban J connectivity index is 4.25. The molecule has 2 N–H and O–H groups in total. The molecule has 0 fully saturated rings. The van der Waals surface area contributed by atoms with Crippen LogP contribution in [0.15, 0.2) is 16.3 Å². The zero-order chi connectivity index (χ0) is 7.44. The summed E-state index contributed by atoms with van der Waals surface area (Å²) in [5.41, 5.74) is 7.11. The molecule has 0 heterocycles. The molecule has 0 aromatic heterocycles. The SMILES string of the molecule is CC(C)=C(C)N=C(N)Cl. The molecule has 2 nitrogen and oxygen atoms in total. The number of halogens is 1. The van der Waals surface area contributed by atoms with Gasteiger partial charge < -0.3 is 5.73 Å². The Morgan fingerprint density at radius 1 is 1.33 bits per heavy atom. The second-order valence-corrected chi connectivity index (χ2v) is 2.41. The number of nitrogens with two attached hydrogens (primary N) is 1. The van der Waals surface area contributed by atoms with Crippen LogP contribution < -0.4 is 5.73 Å². The van der Waals surface area contributed by atoms with Crippen molar-refractivity contribution in [3.05, 3.63) is 11.3 Å². The van der Waals surface area contributed by atoms with Crippen molar-refractivity contribution in [1.82, 2.24) is 0 Å². The first-order chi connectivity index (χ1) is 4.04. The molecule has 0 spiro atoms. The van der Waals surface area contributed by atoms with Gasteiger partial charge in [0.25, 0.3) is 0 Å². The molecule has 9 heavy (non-hydrogen) atoms. The van der Waals surface area contributed by atoms with Crippen LogP contribution in [0.2, 0.25) is 0 Å². The second kappa shape index (κ2) is 3.51. The normalized spacial score (nSPS) is 11.3. The Bertz CT molecular complexity index is 150. The van der Waals surface area contributed by atoms with Crippen molar-refractivity contribution < 1.29 is 0 Å². The van der Waals surface area contributed by atoms with Crippen molar-refractivity contribution >= 4 is 16.9 Å². The van der Waals surface area contributed by atoms with Crippen molar-refractivity contribution in [1.29, 1.82) is 0 Å². The minimum absolute atomic E-state index is 0.0914. The van der Waals surface area contributed by atoms with Gasteiger partial charge in [0, 0.05) is 5.70 Å². The highest BCUT2D eigenvalue weighted by Gasteiger charge is 1.87. The van der Waals surface area contributed by atoms with Crippen LogP contribution >= 0.6 is 11.6 Å². The molecule has 0 atom stereocenters. The topological polar surface area (TPSA) is 38.4 Å². The molecule has 0 aliphatic carbocycles. The summed E-state index contributed by atoms with van der Waals surface area (Å²) in [7, 11) is 0. The molecule has 0 unspecified atom stereocenters. The molecule has 0 amide bonds. The minimum atomic E-state index is 0.0914. The van der Waals surface area contributed by atoms with Gasteiger partial charge >= 0.3 is 0 Å². The molecule has 0 saturated carbocycles. The van der Waals surface area contributed by atoms with Crippen molar-refractivity contribution in [2.24, 2.45) is 10.7 Å². The zero-order valence-electron chi connectivity index (χ0n) is 5.90. The van der Waals surface area contributed by atoms with E-state index in [1.807, 2.05) is 20.8 Å². The monoisotopic (exact) mass is 146 g/mol. The fourth-order valence-corrected chi connectivity index (χ4v) is 0.399. The second-order valence-electron chi connectivity index (χ2n) is 2.02. The number of hydrogen-bond acceptors (Lipinski definition) is 1. The quantitative estimate of drug-likeness (QED) is 0.342. The maximum atomic E-state index is 5.31. The summed E-state index contributed by atoms with van der Waals surface area (Å²) in [5, 5.41) is 0.0914. The predicted octanol–water partition coefficient (Wildman–Crippen LogP) is 1.85. The third-order valence-corrected chi connectivity index (χ3v) is 1.08. The van der Waals surface area contributed by atoms with Gasteiger partial charge in [0.05, 0.1) is 0 Å². The van der Waals surface area contributed by atoms with Crippen LogP contribution in [0.3, 0.4) is 0 Å². The highest BCUT2D eigenvalue weighted by molar-refractivity contribution is 6.64. The van der Waals surface area contributed by atoms with E-state index < -0.39 is 0 Å². The van der Waals surface area contributed by atoms with Crippen LogP contribution in [0.5, 0.6) is 0 Å². The van der Waals surface area contributed by atoms with Gasteiger partial charge in [0.2, 0.25) is 0 Å². The van der Waals surface area contributed by atoms with E-state index in [-0.39, 0.29) is 5.29 Å². The first kappa shape index (κ1) is 8.50. The molecule has 52 valence electrons. The smallest absolute Gasteiger partial charge is 0.193 e. The first-order valence-electron chi connectivity index (χ1n) is 2.67. The van der Waals surface area contributed by atoms with E-state index in [1.165, 1.54) is 0 Å². The van der Waals surface area contributed by atoms with E-state index in [4.69, 9.17) is 17.3 Å². The van der Waals surface area contributed by atoms with E-state index in [9.17, 15) is 0 Å². The molecule has 0 radical (unpaired) electrons. The number of nitrogens with zero attached hydrogens (tertiary/aromatic N) is 1. The van der Waals surface area contributed by atoms with Gasteiger partial charge in [-0.25, -0.2) is 4.99 Å². The van der Waals surface area contributed by atoms with E-state index in [0.29, 0.717) is 0 Å². The van der Waals surface area contributed by atoms with Crippen molar-refractivity contribution in [2.45, 2.75) is 20.8 Å². The largest absolute Gasteiger partial charge is 0.374 e. The molecular weight excluding hydrogens is 136 g/mol. The standard InChI is InChI=1S/C6H11ClN2/c1-4(2)5(3)9-6(7)8/h1-3H3,(H2,8,9). The van der Waals surface area contributed by atoms with Gasteiger partial charge in [-0.05, 0) is 32.4 Å². The van der Waals surface area contributed by atoms with Gasteiger partial charge in [-0.15, -0.1) is 0 Å². The molecule has 0 aliphatic rings. The van der Waals surface area contributed by atoms with Crippen LogP contribution in [-0.2, 0) is 0 Å². The number of allylic oxidation sites excluding steroid dienone is 2. The Labute approximate surface area is 60.4 Å². The summed E-state index contributed by atoms with van der Waals surface area (Å²) in [6.45, 7) is 5.78. The lowest BCUT2D eigenvalue weighted by Gasteiger charge is -1.93. The van der Waals surface area contributed by atoms with Crippen LogP contribution in [0.25, 0.3) is 0 Å². The van der Waals surface area contributed by atoms with Gasteiger partial charge in [-0.2, -0.15) is 0 Å². The molecule has 3 heteroatoms. The maximum Gasteiger partial charge on any atom is 0.193 e. The summed E-state index contributed by atoms with van der Waals surface area (Å²) in [4.78, 5) is 3.82. The Morgan fingerprint density at radius 3 is 1.89 bits per heavy atom. The lowest BCUT2D eigenvalue weighted by molar-refractivity contribution is 1.19. The van der Waals surface area contributed by atoms with Crippen molar-refractivity contribution in [3.8, 4) is 0 Å². The summed E-state index contributed by atoms with van der Waals surface area (Å²) >= 11 is 5.31. The van der Waals surface area contributed by atoms with E-state index in [1.54, 1.807) is 0 Å². The fraction of sp³-hybridized carbons (Fsp3) is 0.500. The van der Waals surface area contributed by atoms with Gasteiger partial charge in [-0.3, -0.25) is 0 Å². The molecule has 0 saturated heterocycles. The molecular formula is C6H11ClN2. The van der Waals surface area contributed by atoms with Crippen LogP contribution in [-0.4, -0.2) is 5.29 Å². The Morgan fingerprint density at radius 2 is 1.78 bits per heavy atom. The molecule has 0 aliphatic heterocycles. The van der Waals surface area contributed by atoms with Gasteiger partial charge in [0.15, 0.2) is 5.29 Å². The van der Waals surface area contributed by atoms with E-state index >= 15 is 0 Å². The summed E-state index contributed by atoms with van der Waals surface area (Å²) in [6.07, 6.45) is 0. The average molecular weight is 147 g/mol. The highest BCUT2D eigenvalue weighted by atomic mass is 35.5. The Hall–Kier alpha value is -0.500. The van der Waals surface area contributed by atoms with Crippen LogP contribution in [0, 0.1) is 0 Å². The maximum absolute atomic E-state index is 5.31. The third-order valence-electron chi connectivity index (χ3n) is 0.998. The predicted molar refractivity (Wildman–Crippen MR) is 41.5 cm³/mol. The molecule has 0 aromatic rings. The van der Waals surface area contributed by atoms with Crippen LogP contribution in [0.4, 0.5) is 0 Å².